The maximum Gasteiger partial charge on any atom is 0.122 e. The average Bonchev–Trinajstić information content (AvgIpc) is 2.39. The van der Waals surface area contributed by atoms with E-state index in [1.807, 2.05) is 32.0 Å². The SMILES string of the molecule is COc1ccc(C)cc1CC(O)c1ccncc1C. The normalized spacial score (nSPS) is 12.2. The van der Waals surface area contributed by atoms with E-state index in [-0.39, 0.29) is 0 Å². The van der Waals surface area contributed by atoms with E-state index in [1.54, 1.807) is 19.5 Å². The summed E-state index contributed by atoms with van der Waals surface area (Å²) in [7, 11) is 1.65. The highest BCUT2D eigenvalue weighted by Gasteiger charge is 2.14. The van der Waals surface area contributed by atoms with Gasteiger partial charge >= 0.3 is 0 Å². The third kappa shape index (κ3) is 3.12. The van der Waals surface area contributed by atoms with E-state index >= 15 is 0 Å². The van der Waals surface area contributed by atoms with E-state index < -0.39 is 6.10 Å². The molecule has 0 fully saturated rings. The van der Waals surface area contributed by atoms with E-state index in [4.69, 9.17) is 4.74 Å². The van der Waals surface area contributed by atoms with Crippen molar-refractivity contribution in [2.24, 2.45) is 0 Å². The first-order valence-electron chi connectivity index (χ1n) is 6.34. The van der Waals surface area contributed by atoms with Crippen LogP contribution < -0.4 is 4.74 Å². The van der Waals surface area contributed by atoms with E-state index in [2.05, 4.69) is 11.1 Å². The molecular weight excluding hydrogens is 238 g/mol. The van der Waals surface area contributed by atoms with Crippen LogP contribution in [0.4, 0.5) is 0 Å². The third-order valence-electron chi connectivity index (χ3n) is 3.27. The van der Waals surface area contributed by atoms with Gasteiger partial charge in [-0.3, -0.25) is 4.98 Å². The molecule has 3 nitrogen and oxygen atoms in total. The molecule has 0 bridgehead atoms. The van der Waals surface area contributed by atoms with Crippen LogP contribution in [0.1, 0.15) is 28.4 Å². The summed E-state index contributed by atoms with van der Waals surface area (Å²) in [4.78, 5) is 4.05. The summed E-state index contributed by atoms with van der Waals surface area (Å²) in [5.74, 6) is 0.816. The monoisotopic (exact) mass is 257 g/mol. The largest absolute Gasteiger partial charge is 0.496 e. The number of methoxy groups -OCH3 is 1. The zero-order valence-corrected chi connectivity index (χ0v) is 11.6. The molecule has 1 N–H and O–H groups in total. The first-order valence-corrected chi connectivity index (χ1v) is 6.34. The molecule has 1 heterocycles. The standard InChI is InChI=1S/C16H19NO2/c1-11-4-5-16(19-3)13(8-11)9-15(18)14-6-7-17-10-12(14)2/h4-8,10,15,18H,9H2,1-3H3. The lowest BCUT2D eigenvalue weighted by atomic mass is 9.97. The second-order valence-electron chi connectivity index (χ2n) is 4.77. The molecule has 0 aliphatic carbocycles. The van der Waals surface area contributed by atoms with Gasteiger partial charge in [-0.1, -0.05) is 17.7 Å². The lowest BCUT2D eigenvalue weighted by Crippen LogP contribution is -2.05. The van der Waals surface area contributed by atoms with Crippen molar-refractivity contribution in [3.63, 3.8) is 0 Å². The Hall–Kier alpha value is -1.87. The van der Waals surface area contributed by atoms with Gasteiger partial charge < -0.3 is 9.84 Å². The van der Waals surface area contributed by atoms with Crippen LogP contribution in [-0.2, 0) is 6.42 Å². The fourth-order valence-corrected chi connectivity index (χ4v) is 2.24. The van der Waals surface area contributed by atoms with Gasteiger partial charge in [-0.15, -0.1) is 0 Å². The minimum Gasteiger partial charge on any atom is -0.496 e. The number of aromatic nitrogens is 1. The highest BCUT2D eigenvalue weighted by molar-refractivity contribution is 5.38. The van der Waals surface area contributed by atoms with E-state index in [1.165, 1.54) is 0 Å². The van der Waals surface area contributed by atoms with Gasteiger partial charge in [0.15, 0.2) is 0 Å². The summed E-state index contributed by atoms with van der Waals surface area (Å²) in [6.07, 6.45) is 3.47. The number of pyridine rings is 1. The molecule has 3 heteroatoms. The topological polar surface area (TPSA) is 42.4 Å². The maximum atomic E-state index is 10.4. The molecule has 0 saturated carbocycles. The lowest BCUT2D eigenvalue weighted by molar-refractivity contribution is 0.176. The molecule has 1 atom stereocenters. The summed E-state index contributed by atoms with van der Waals surface area (Å²) >= 11 is 0. The molecule has 0 aliphatic heterocycles. The number of aliphatic hydroxyl groups excluding tert-OH is 1. The Labute approximate surface area is 113 Å². The smallest absolute Gasteiger partial charge is 0.122 e. The van der Waals surface area contributed by atoms with Gasteiger partial charge in [-0.25, -0.2) is 0 Å². The van der Waals surface area contributed by atoms with Crippen molar-refractivity contribution in [1.29, 1.82) is 0 Å². The van der Waals surface area contributed by atoms with Gasteiger partial charge in [0.1, 0.15) is 5.75 Å². The first kappa shape index (κ1) is 13.6. The number of hydrogen-bond donors (Lipinski definition) is 1. The van der Waals surface area contributed by atoms with Crippen molar-refractivity contribution in [3.05, 3.63) is 58.9 Å². The fraction of sp³-hybridized carbons (Fsp3) is 0.312. The summed E-state index contributed by atoms with van der Waals surface area (Å²) in [5.41, 5.74) is 4.10. The van der Waals surface area contributed by atoms with Gasteiger partial charge in [0, 0.05) is 18.8 Å². The molecule has 2 rings (SSSR count). The highest BCUT2D eigenvalue weighted by Crippen LogP contribution is 2.27. The van der Waals surface area contributed by atoms with E-state index in [0.29, 0.717) is 6.42 Å². The predicted molar refractivity (Wildman–Crippen MR) is 75.4 cm³/mol. The van der Waals surface area contributed by atoms with Gasteiger partial charge in [0.05, 0.1) is 13.2 Å². The third-order valence-corrected chi connectivity index (χ3v) is 3.27. The van der Waals surface area contributed by atoms with Gasteiger partial charge in [0.25, 0.3) is 0 Å². The first-order chi connectivity index (χ1) is 9.11. The van der Waals surface area contributed by atoms with Crippen molar-refractivity contribution in [2.45, 2.75) is 26.4 Å². The molecule has 0 amide bonds. The molecule has 100 valence electrons. The van der Waals surface area contributed by atoms with E-state index in [9.17, 15) is 5.11 Å². The number of benzene rings is 1. The Bertz CT molecular complexity index is 566. The van der Waals surface area contributed by atoms with Crippen LogP contribution in [0.5, 0.6) is 5.75 Å². The Morgan fingerprint density at radius 1 is 1.26 bits per heavy atom. The second-order valence-corrected chi connectivity index (χ2v) is 4.77. The van der Waals surface area contributed by atoms with E-state index in [0.717, 1.165) is 28.0 Å². The molecule has 0 radical (unpaired) electrons. The molecule has 0 spiro atoms. The maximum absolute atomic E-state index is 10.4. The van der Waals surface area contributed by atoms with Crippen LogP contribution in [0, 0.1) is 13.8 Å². The highest BCUT2D eigenvalue weighted by atomic mass is 16.5. The molecule has 1 aromatic heterocycles. The summed E-state index contributed by atoms with van der Waals surface area (Å²) in [5, 5.41) is 10.4. The zero-order chi connectivity index (χ0) is 13.8. The van der Waals surface area contributed by atoms with Crippen molar-refractivity contribution < 1.29 is 9.84 Å². The molecule has 2 aromatic rings. The molecule has 0 aliphatic rings. The predicted octanol–water partition coefficient (Wildman–Crippen LogP) is 2.98. The number of rotatable bonds is 4. The number of aryl methyl sites for hydroxylation is 2. The minimum atomic E-state index is -0.543. The Morgan fingerprint density at radius 3 is 2.74 bits per heavy atom. The fourth-order valence-electron chi connectivity index (χ4n) is 2.24. The molecular formula is C16H19NO2. The van der Waals surface area contributed by atoms with Crippen molar-refractivity contribution in [1.82, 2.24) is 4.98 Å². The number of hydrogen-bond acceptors (Lipinski definition) is 3. The minimum absolute atomic E-state index is 0.537. The molecule has 0 saturated heterocycles. The summed E-state index contributed by atoms with van der Waals surface area (Å²) < 4.78 is 5.34. The summed E-state index contributed by atoms with van der Waals surface area (Å²) in [6.45, 7) is 3.99. The van der Waals surface area contributed by atoms with Gasteiger partial charge in [-0.05, 0) is 42.7 Å². The van der Waals surface area contributed by atoms with Crippen LogP contribution in [0.2, 0.25) is 0 Å². The molecule has 19 heavy (non-hydrogen) atoms. The van der Waals surface area contributed by atoms with Crippen LogP contribution in [0.3, 0.4) is 0 Å². The van der Waals surface area contributed by atoms with Crippen molar-refractivity contribution in [2.75, 3.05) is 7.11 Å². The average molecular weight is 257 g/mol. The summed E-state index contributed by atoms with van der Waals surface area (Å²) in [6, 6.07) is 7.87. The number of aliphatic hydroxyl groups is 1. The Balaban J connectivity index is 2.26. The Morgan fingerprint density at radius 2 is 2.05 bits per heavy atom. The second kappa shape index (κ2) is 5.85. The van der Waals surface area contributed by atoms with Gasteiger partial charge in [0.2, 0.25) is 0 Å². The number of ether oxygens (including phenoxy) is 1. The molecule has 1 aromatic carbocycles. The van der Waals surface area contributed by atoms with Crippen molar-refractivity contribution >= 4 is 0 Å². The molecule has 1 unspecified atom stereocenters. The van der Waals surface area contributed by atoms with Crippen LogP contribution in [0.25, 0.3) is 0 Å². The van der Waals surface area contributed by atoms with Crippen LogP contribution >= 0.6 is 0 Å². The quantitative estimate of drug-likeness (QED) is 0.915. The zero-order valence-electron chi connectivity index (χ0n) is 11.6. The van der Waals surface area contributed by atoms with Gasteiger partial charge in [-0.2, -0.15) is 0 Å². The van der Waals surface area contributed by atoms with Crippen LogP contribution in [-0.4, -0.2) is 17.2 Å². The van der Waals surface area contributed by atoms with Crippen LogP contribution in [0.15, 0.2) is 36.7 Å². The number of nitrogens with zero attached hydrogens (tertiary/aromatic N) is 1. The Kier molecular flexibility index (Phi) is 4.17. The van der Waals surface area contributed by atoms with Crippen molar-refractivity contribution in [3.8, 4) is 5.75 Å². The lowest BCUT2D eigenvalue weighted by Gasteiger charge is -2.16.